The molecular formula is C18H20FN3O6S2. The molecule has 0 amide bonds. The molecule has 0 saturated carbocycles. The lowest BCUT2D eigenvalue weighted by atomic mass is 10.2. The Kier molecular flexibility index (Phi) is 6.38. The highest BCUT2D eigenvalue weighted by molar-refractivity contribution is 7.93. The average molecular weight is 458 g/mol. The SMILES string of the molecule is O=[N+]([O-])c1cc(F)ccc1S(=O)(=O)Nc1ccc(S(=O)(=O)N2CCCCCC2)cc1. The van der Waals surface area contributed by atoms with E-state index in [0.29, 0.717) is 19.2 Å². The molecule has 1 saturated heterocycles. The molecule has 3 rings (SSSR count). The Balaban J connectivity index is 1.84. The number of benzene rings is 2. The largest absolute Gasteiger partial charge is 0.292 e. The van der Waals surface area contributed by atoms with Crippen LogP contribution in [-0.4, -0.2) is 39.2 Å². The van der Waals surface area contributed by atoms with E-state index in [4.69, 9.17) is 0 Å². The number of sulfonamides is 2. The first kappa shape index (κ1) is 22.1. The van der Waals surface area contributed by atoms with E-state index in [1.54, 1.807) is 0 Å². The Morgan fingerprint density at radius 2 is 1.53 bits per heavy atom. The molecule has 1 heterocycles. The summed E-state index contributed by atoms with van der Waals surface area (Å²) in [5, 5.41) is 11.1. The molecule has 1 aliphatic rings. The number of rotatable bonds is 6. The van der Waals surface area contributed by atoms with Crippen molar-refractivity contribution in [2.75, 3.05) is 17.8 Å². The van der Waals surface area contributed by atoms with Gasteiger partial charge in [-0.1, -0.05) is 12.8 Å². The predicted octanol–water partition coefficient (Wildman–Crippen LogP) is 3.10. The summed E-state index contributed by atoms with van der Waals surface area (Å²) in [7, 11) is -8.09. The van der Waals surface area contributed by atoms with Crippen molar-refractivity contribution in [1.29, 1.82) is 0 Å². The van der Waals surface area contributed by atoms with Gasteiger partial charge in [-0.3, -0.25) is 14.8 Å². The number of nitrogens with one attached hydrogen (secondary N) is 1. The van der Waals surface area contributed by atoms with Crippen LogP contribution in [0, 0.1) is 15.9 Å². The fourth-order valence-electron chi connectivity index (χ4n) is 3.20. The second-order valence-electron chi connectivity index (χ2n) is 6.82. The van der Waals surface area contributed by atoms with Gasteiger partial charge >= 0.3 is 0 Å². The number of nitro benzene ring substituents is 1. The van der Waals surface area contributed by atoms with Gasteiger partial charge < -0.3 is 0 Å². The third-order valence-electron chi connectivity index (χ3n) is 4.72. The van der Waals surface area contributed by atoms with Gasteiger partial charge in [0.25, 0.3) is 15.7 Å². The van der Waals surface area contributed by atoms with Gasteiger partial charge in [-0.2, -0.15) is 4.31 Å². The highest BCUT2D eigenvalue weighted by Crippen LogP contribution is 2.27. The van der Waals surface area contributed by atoms with E-state index in [2.05, 4.69) is 4.72 Å². The normalized spacial score (nSPS) is 16.0. The Labute approximate surface area is 173 Å². The third-order valence-corrected chi connectivity index (χ3v) is 8.06. The molecule has 0 bridgehead atoms. The van der Waals surface area contributed by atoms with Crippen molar-refractivity contribution in [2.45, 2.75) is 35.5 Å². The van der Waals surface area contributed by atoms with E-state index in [1.807, 2.05) is 0 Å². The minimum absolute atomic E-state index is 0.0171. The van der Waals surface area contributed by atoms with E-state index in [1.165, 1.54) is 28.6 Å². The fraction of sp³-hybridized carbons (Fsp3) is 0.333. The summed E-state index contributed by atoms with van der Waals surface area (Å²) in [6.07, 6.45) is 3.52. The van der Waals surface area contributed by atoms with Crippen LogP contribution >= 0.6 is 0 Å². The maximum absolute atomic E-state index is 13.3. The van der Waals surface area contributed by atoms with Crippen molar-refractivity contribution in [3.63, 3.8) is 0 Å². The van der Waals surface area contributed by atoms with Crippen LogP contribution in [0.2, 0.25) is 0 Å². The van der Waals surface area contributed by atoms with Crippen LogP contribution < -0.4 is 4.72 Å². The van der Waals surface area contributed by atoms with Gasteiger partial charge in [0.05, 0.1) is 15.9 Å². The fourth-order valence-corrected chi connectivity index (χ4v) is 5.93. The lowest BCUT2D eigenvalue weighted by Gasteiger charge is -2.20. The molecule has 0 aliphatic carbocycles. The van der Waals surface area contributed by atoms with Crippen LogP contribution in [-0.2, 0) is 20.0 Å². The van der Waals surface area contributed by atoms with Gasteiger partial charge in [0.15, 0.2) is 4.90 Å². The highest BCUT2D eigenvalue weighted by atomic mass is 32.2. The van der Waals surface area contributed by atoms with Crippen LogP contribution in [0.15, 0.2) is 52.3 Å². The van der Waals surface area contributed by atoms with Crippen molar-refractivity contribution >= 4 is 31.4 Å². The van der Waals surface area contributed by atoms with Gasteiger partial charge in [0.1, 0.15) is 5.82 Å². The predicted molar refractivity (Wildman–Crippen MR) is 108 cm³/mol. The first-order valence-corrected chi connectivity index (χ1v) is 12.1. The molecule has 0 aromatic heterocycles. The minimum atomic E-state index is -4.40. The van der Waals surface area contributed by atoms with E-state index < -0.39 is 41.4 Å². The van der Waals surface area contributed by atoms with Crippen LogP contribution in [0.4, 0.5) is 15.8 Å². The van der Waals surface area contributed by atoms with Crippen molar-refractivity contribution in [3.8, 4) is 0 Å². The second kappa shape index (κ2) is 8.66. The molecular weight excluding hydrogens is 437 g/mol. The van der Waals surface area contributed by atoms with Crippen molar-refractivity contribution in [1.82, 2.24) is 4.31 Å². The van der Waals surface area contributed by atoms with Crippen LogP contribution in [0.5, 0.6) is 0 Å². The summed E-state index contributed by atoms with van der Waals surface area (Å²) in [6.45, 7) is 0.871. The first-order chi connectivity index (χ1) is 14.1. The topological polar surface area (TPSA) is 127 Å². The molecule has 30 heavy (non-hydrogen) atoms. The zero-order valence-electron chi connectivity index (χ0n) is 15.8. The zero-order chi connectivity index (χ0) is 21.9. The Morgan fingerprint density at radius 3 is 2.10 bits per heavy atom. The molecule has 1 N–H and O–H groups in total. The van der Waals surface area contributed by atoms with E-state index in [0.717, 1.165) is 37.8 Å². The van der Waals surface area contributed by atoms with Crippen molar-refractivity contribution < 1.29 is 26.1 Å². The molecule has 0 unspecified atom stereocenters. The monoisotopic (exact) mass is 457 g/mol. The standard InChI is InChI=1S/C18H20FN3O6S2/c19-14-5-10-18(17(13-14)22(23)24)29(25,26)20-15-6-8-16(9-7-15)30(27,28)21-11-3-1-2-4-12-21/h5-10,13,20H,1-4,11-12H2. The quantitative estimate of drug-likeness (QED) is 0.525. The minimum Gasteiger partial charge on any atom is -0.279 e. The first-order valence-electron chi connectivity index (χ1n) is 9.18. The van der Waals surface area contributed by atoms with Crippen LogP contribution in [0.3, 0.4) is 0 Å². The second-order valence-corrected chi connectivity index (χ2v) is 10.4. The molecule has 1 aliphatic heterocycles. The molecule has 2 aromatic carbocycles. The summed E-state index contributed by atoms with van der Waals surface area (Å²) in [4.78, 5) is 9.42. The number of hydrogen-bond donors (Lipinski definition) is 1. The van der Waals surface area contributed by atoms with Gasteiger partial charge in [0, 0.05) is 18.8 Å². The van der Waals surface area contributed by atoms with E-state index >= 15 is 0 Å². The van der Waals surface area contributed by atoms with Crippen molar-refractivity contribution in [3.05, 3.63) is 58.4 Å². The zero-order valence-corrected chi connectivity index (χ0v) is 17.5. The van der Waals surface area contributed by atoms with Gasteiger partial charge in [0.2, 0.25) is 10.0 Å². The molecule has 0 radical (unpaired) electrons. The Hall–Kier alpha value is -2.57. The summed E-state index contributed by atoms with van der Waals surface area (Å²) < 4.78 is 67.5. The number of halogens is 1. The maximum atomic E-state index is 13.3. The number of hydrogen-bond acceptors (Lipinski definition) is 6. The molecule has 2 aromatic rings. The number of nitro groups is 1. The van der Waals surface area contributed by atoms with Crippen LogP contribution in [0.25, 0.3) is 0 Å². The summed E-state index contributed by atoms with van der Waals surface area (Å²) >= 11 is 0. The van der Waals surface area contributed by atoms with Gasteiger partial charge in [-0.25, -0.2) is 21.2 Å². The van der Waals surface area contributed by atoms with Gasteiger partial charge in [-0.05, 0) is 49.2 Å². The molecule has 0 spiro atoms. The van der Waals surface area contributed by atoms with E-state index in [-0.39, 0.29) is 10.6 Å². The Morgan fingerprint density at radius 1 is 0.933 bits per heavy atom. The van der Waals surface area contributed by atoms with E-state index in [9.17, 15) is 31.3 Å². The third kappa shape index (κ3) is 4.77. The lowest BCUT2D eigenvalue weighted by molar-refractivity contribution is -0.388. The molecule has 9 nitrogen and oxygen atoms in total. The smallest absolute Gasteiger partial charge is 0.279 e. The highest BCUT2D eigenvalue weighted by Gasteiger charge is 2.28. The average Bonchev–Trinajstić information content (AvgIpc) is 2.98. The van der Waals surface area contributed by atoms with Crippen molar-refractivity contribution in [2.24, 2.45) is 0 Å². The maximum Gasteiger partial charge on any atom is 0.292 e. The van der Waals surface area contributed by atoms with Gasteiger partial charge in [-0.15, -0.1) is 0 Å². The number of nitrogens with zero attached hydrogens (tertiary/aromatic N) is 2. The lowest BCUT2D eigenvalue weighted by Crippen LogP contribution is -2.31. The number of anilines is 1. The summed E-state index contributed by atoms with van der Waals surface area (Å²) in [5.41, 5.74) is -0.883. The summed E-state index contributed by atoms with van der Waals surface area (Å²) in [5.74, 6) is -0.941. The van der Waals surface area contributed by atoms with Crippen LogP contribution in [0.1, 0.15) is 25.7 Å². The summed E-state index contributed by atoms with van der Waals surface area (Å²) in [6, 6.07) is 7.20. The molecule has 162 valence electrons. The molecule has 0 atom stereocenters. The Bertz CT molecular complexity index is 1140. The molecule has 1 fully saturated rings. The molecule has 12 heteroatoms.